The van der Waals surface area contributed by atoms with Gasteiger partial charge in [0.2, 0.25) is 11.8 Å². The van der Waals surface area contributed by atoms with Gasteiger partial charge in [0.05, 0.1) is 5.92 Å². The van der Waals surface area contributed by atoms with Gasteiger partial charge in [0.15, 0.2) is 0 Å². The molecule has 1 saturated heterocycles. The van der Waals surface area contributed by atoms with Crippen molar-refractivity contribution < 1.29 is 9.59 Å². The van der Waals surface area contributed by atoms with Crippen LogP contribution in [0.3, 0.4) is 0 Å². The number of rotatable bonds is 6. The van der Waals surface area contributed by atoms with Crippen LogP contribution in [0.2, 0.25) is 0 Å². The van der Waals surface area contributed by atoms with Crippen LogP contribution in [0, 0.1) is 5.92 Å². The molecule has 0 aliphatic carbocycles. The Kier molecular flexibility index (Phi) is 6.78. The average molecular weight is 335 g/mol. The van der Waals surface area contributed by atoms with E-state index in [1.54, 1.807) is 18.9 Å². The third-order valence-electron chi connectivity index (χ3n) is 4.51. The van der Waals surface area contributed by atoms with Crippen LogP contribution in [0.1, 0.15) is 38.2 Å². The monoisotopic (exact) mass is 335 g/mol. The molecule has 1 aliphatic rings. The molecule has 24 heavy (non-hydrogen) atoms. The van der Waals surface area contributed by atoms with E-state index in [1.807, 2.05) is 6.20 Å². The summed E-state index contributed by atoms with van der Waals surface area (Å²) in [7, 11) is 1.64. The highest BCUT2D eigenvalue weighted by Crippen LogP contribution is 2.13. The molecule has 2 N–H and O–H groups in total. The average Bonchev–Trinajstić information content (AvgIpc) is 2.89. The molecule has 1 aromatic rings. The van der Waals surface area contributed by atoms with E-state index in [0.29, 0.717) is 19.6 Å². The Balaban J connectivity index is 2.01. The molecule has 7 nitrogen and oxygen atoms in total. The van der Waals surface area contributed by atoms with E-state index in [4.69, 9.17) is 0 Å². The lowest BCUT2D eigenvalue weighted by molar-refractivity contribution is -0.130. The van der Waals surface area contributed by atoms with Crippen LogP contribution in [0.5, 0.6) is 0 Å². The van der Waals surface area contributed by atoms with Gasteiger partial charge in [-0.05, 0) is 6.42 Å². The smallest absolute Gasteiger partial charge is 0.225 e. The van der Waals surface area contributed by atoms with Crippen molar-refractivity contribution in [2.24, 2.45) is 5.92 Å². The molecule has 0 spiro atoms. The molecule has 2 heterocycles. The molecule has 0 aromatic carbocycles. The third kappa shape index (κ3) is 5.06. The predicted octanol–water partition coefficient (Wildman–Crippen LogP) is 0.779. The number of nitrogens with one attached hydrogen (secondary N) is 2. The molecule has 1 fully saturated rings. The van der Waals surface area contributed by atoms with Crippen LogP contribution < -0.4 is 5.32 Å². The Morgan fingerprint density at radius 2 is 2.17 bits per heavy atom. The van der Waals surface area contributed by atoms with E-state index >= 15 is 0 Å². The van der Waals surface area contributed by atoms with E-state index in [2.05, 4.69) is 27.1 Å². The van der Waals surface area contributed by atoms with Crippen LogP contribution in [0.4, 0.5) is 0 Å². The number of hydrogen-bond acceptors (Lipinski definition) is 4. The van der Waals surface area contributed by atoms with Crippen molar-refractivity contribution in [3.05, 3.63) is 17.7 Å². The Bertz CT molecular complexity index is 557. The largest absolute Gasteiger partial charge is 0.359 e. The van der Waals surface area contributed by atoms with Gasteiger partial charge in [-0.15, -0.1) is 0 Å². The number of aromatic amines is 1. The van der Waals surface area contributed by atoms with Crippen molar-refractivity contribution >= 4 is 11.8 Å². The normalized spacial score (nSPS) is 19.1. The number of nitrogens with zero attached hydrogens (tertiary/aromatic N) is 3. The molecule has 0 bridgehead atoms. The maximum Gasteiger partial charge on any atom is 0.225 e. The minimum atomic E-state index is -0.205. The van der Waals surface area contributed by atoms with Gasteiger partial charge in [0, 0.05) is 65.0 Å². The summed E-state index contributed by atoms with van der Waals surface area (Å²) in [6.07, 6.45) is 5.13. The van der Waals surface area contributed by atoms with Crippen LogP contribution >= 0.6 is 0 Å². The van der Waals surface area contributed by atoms with Gasteiger partial charge in [-0.2, -0.15) is 0 Å². The number of imidazole rings is 1. The fraction of sp³-hybridized carbons (Fsp3) is 0.706. The first-order valence-electron chi connectivity index (χ1n) is 8.75. The highest BCUT2D eigenvalue weighted by molar-refractivity contribution is 5.80. The van der Waals surface area contributed by atoms with Crippen molar-refractivity contribution in [3.63, 3.8) is 0 Å². The molecule has 0 radical (unpaired) electrons. The lowest BCUT2D eigenvalue weighted by atomic mass is 10.1. The highest BCUT2D eigenvalue weighted by Gasteiger charge is 2.28. The topological polar surface area (TPSA) is 81.3 Å². The standard InChI is InChI=1S/C17H29N5O2/c1-4-5-6-16-19-9-15(20-16)12-21-7-8-22(13(2)23)11-14(10-21)17(24)18-3/h9,14H,4-8,10-12H2,1-3H3,(H,18,24)(H,19,20)/t14-/m0/s1. The van der Waals surface area contributed by atoms with Crippen LogP contribution in [0.25, 0.3) is 0 Å². The van der Waals surface area contributed by atoms with Crippen molar-refractivity contribution in [1.82, 2.24) is 25.1 Å². The summed E-state index contributed by atoms with van der Waals surface area (Å²) in [6.45, 7) is 6.99. The Labute approximate surface area is 143 Å². The molecular weight excluding hydrogens is 306 g/mol. The maximum absolute atomic E-state index is 12.1. The van der Waals surface area contributed by atoms with Gasteiger partial charge < -0.3 is 15.2 Å². The van der Waals surface area contributed by atoms with Gasteiger partial charge >= 0.3 is 0 Å². The second-order valence-corrected chi connectivity index (χ2v) is 6.47. The number of carbonyl (C=O) groups excluding carboxylic acids is 2. The summed E-state index contributed by atoms with van der Waals surface area (Å²) in [5.74, 6) is 0.828. The fourth-order valence-corrected chi connectivity index (χ4v) is 3.08. The number of unbranched alkanes of at least 4 members (excludes halogenated alkanes) is 1. The van der Waals surface area contributed by atoms with E-state index in [9.17, 15) is 9.59 Å². The summed E-state index contributed by atoms with van der Waals surface area (Å²) >= 11 is 0. The third-order valence-corrected chi connectivity index (χ3v) is 4.51. The number of amides is 2. The zero-order valence-corrected chi connectivity index (χ0v) is 15.0. The summed E-state index contributed by atoms with van der Waals surface area (Å²) < 4.78 is 0. The fourth-order valence-electron chi connectivity index (χ4n) is 3.08. The summed E-state index contributed by atoms with van der Waals surface area (Å²) in [5, 5.41) is 2.71. The van der Waals surface area contributed by atoms with Gasteiger partial charge in [-0.3, -0.25) is 14.5 Å². The van der Waals surface area contributed by atoms with Gasteiger partial charge in [0.1, 0.15) is 5.82 Å². The summed E-state index contributed by atoms with van der Waals surface area (Å²) in [5.41, 5.74) is 1.06. The number of H-pyrrole nitrogens is 1. The second-order valence-electron chi connectivity index (χ2n) is 6.47. The molecule has 1 atom stereocenters. The number of aryl methyl sites for hydroxylation is 1. The van der Waals surface area contributed by atoms with Gasteiger partial charge in [0.25, 0.3) is 0 Å². The Morgan fingerprint density at radius 1 is 1.38 bits per heavy atom. The quantitative estimate of drug-likeness (QED) is 0.805. The first-order valence-corrected chi connectivity index (χ1v) is 8.75. The molecular formula is C17H29N5O2. The van der Waals surface area contributed by atoms with Crippen molar-refractivity contribution in [2.45, 2.75) is 39.7 Å². The predicted molar refractivity (Wildman–Crippen MR) is 92.3 cm³/mol. The first-order chi connectivity index (χ1) is 11.5. The lowest BCUT2D eigenvalue weighted by Crippen LogP contribution is -2.40. The lowest BCUT2D eigenvalue weighted by Gasteiger charge is -2.22. The number of hydrogen-bond donors (Lipinski definition) is 2. The summed E-state index contributed by atoms with van der Waals surface area (Å²) in [4.78, 5) is 35.6. The highest BCUT2D eigenvalue weighted by atomic mass is 16.2. The van der Waals surface area contributed by atoms with Crippen molar-refractivity contribution in [3.8, 4) is 0 Å². The zero-order valence-electron chi connectivity index (χ0n) is 15.0. The first kappa shape index (κ1) is 18.4. The van der Waals surface area contributed by atoms with Crippen molar-refractivity contribution in [1.29, 1.82) is 0 Å². The van der Waals surface area contributed by atoms with E-state index in [0.717, 1.165) is 43.9 Å². The van der Waals surface area contributed by atoms with Gasteiger partial charge in [-0.1, -0.05) is 13.3 Å². The Hall–Kier alpha value is -1.89. The second kappa shape index (κ2) is 8.82. The Morgan fingerprint density at radius 3 is 2.83 bits per heavy atom. The molecule has 0 saturated carbocycles. The maximum atomic E-state index is 12.1. The molecule has 1 aromatic heterocycles. The van der Waals surface area contributed by atoms with Crippen LogP contribution in [-0.4, -0.2) is 64.8 Å². The van der Waals surface area contributed by atoms with E-state index in [1.165, 1.54) is 0 Å². The number of carbonyl (C=O) groups is 2. The van der Waals surface area contributed by atoms with Crippen LogP contribution in [-0.2, 0) is 22.6 Å². The molecule has 1 aliphatic heterocycles. The zero-order chi connectivity index (χ0) is 17.5. The minimum absolute atomic E-state index is 0.0126. The molecule has 2 rings (SSSR count). The molecule has 0 unspecified atom stereocenters. The molecule has 7 heteroatoms. The molecule has 134 valence electrons. The summed E-state index contributed by atoms with van der Waals surface area (Å²) in [6, 6.07) is 0. The SMILES string of the molecule is CCCCc1ncc(CN2CCN(C(C)=O)C[C@@H](C(=O)NC)C2)[nH]1. The minimum Gasteiger partial charge on any atom is -0.359 e. The van der Waals surface area contributed by atoms with Gasteiger partial charge in [-0.25, -0.2) is 4.98 Å². The van der Waals surface area contributed by atoms with E-state index in [-0.39, 0.29) is 17.7 Å². The van der Waals surface area contributed by atoms with Crippen LogP contribution in [0.15, 0.2) is 6.20 Å². The number of aromatic nitrogens is 2. The van der Waals surface area contributed by atoms with Crippen molar-refractivity contribution in [2.75, 3.05) is 33.2 Å². The van der Waals surface area contributed by atoms with E-state index < -0.39 is 0 Å². The molecule has 2 amide bonds.